The van der Waals surface area contributed by atoms with Crippen LogP contribution < -0.4 is 4.90 Å². The predicted molar refractivity (Wildman–Crippen MR) is 79.9 cm³/mol. The van der Waals surface area contributed by atoms with Gasteiger partial charge in [0, 0.05) is 25.3 Å². The SMILES string of the molecule is CN(C(=O)c1ccc2c(c1)ncn2C)c1ccccc1. The lowest BCUT2D eigenvalue weighted by atomic mass is 10.1. The van der Waals surface area contributed by atoms with E-state index in [2.05, 4.69) is 4.98 Å². The van der Waals surface area contributed by atoms with Crippen LogP contribution in [0.5, 0.6) is 0 Å². The van der Waals surface area contributed by atoms with Crippen LogP contribution in [-0.2, 0) is 7.05 Å². The number of aromatic nitrogens is 2. The maximum absolute atomic E-state index is 12.5. The summed E-state index contributed by atoms with van der Waals surface area (Å²) in [6.45, 7) is 0. The molecule has 0 saturated carbocycles. The first-order chi connectivity index (χ1) is 9.66. The van der Waals surface area contributed by atoms with E-state index in [4.69, 9.17) is 0 Å². The molecule has 1 aromatic heterocycles. The number of hydrogen-bond donors (Lipinski definition) is 0. The van der Waals surface area contributed by atoms with Crippen LogP contribution in [0.25, 0.3) is 11.0 Å². The van der Waals surface area contributed by atoms with Gasteiger partial charge in [-0.25, -0.2) is 4.98 Å². The smallest absolute Gasteiger partial charge is 0.258 e. The molecule has 0 unspecified atom stereocenters. The number of carbonyl (C=O) groups excluding carboxylic acids is 1. The Morgan fingerprint density at radius 3 is 2.65 bits per heavy atom. The number of anilines is 1. The minimum absolute atomic E-state index is 0.0382. The van der Waals surface area contributed by atoms with Gasteiger partial charge in [0.1, 0.15) is 0 Å². The maximum atomic E-state index is 12.5. The molecule has 4 heteroatoms. The fraction of sp³-hybridized carbons (Fsp3) is 0.125. The zero-order chi connectivity index (χ0) is 14.1. The van der Waals surface area contributed by atoms with Crippen LogP contribution in [0.3, 0.4) is 0 Å². The van der Waals surface area contributed by atoms with Gasteiger partial charge in [-0.2, -0.15) is 0 Å². The standard InChI is InChI=1S/C16H15N3O/c1-18-11-17-14-10-12(8-9-15(14)18)16(20)19(2)13-6-4-3-5-7-13/h3-11H,1-2H3. The summed E-state index contributed by atoms with van der Waals surface area (Å²) in [4.78, 5) is 18.4. The Hall–Kier alpha value is -2.62. The summed E-state index contributed by atoms with van der Waals surface area (Å²) in [6, 6.07) is 15.2. The predicted octanol–water partition coefficient (Wildman–Crippen LogP) is 2.85. The number of benzene rings is 2. The van der Waals surface area contributed by atoms with Crippen LogP contribution in [0.4, 0.5) is 5.69 Å². The molecular formula is C16H15N3O. The lowest BCUT2D eigenvalue weighted by Gasteiger charge is -2.17. The fourth-order valence-electron chi connectivity index (χ4n) is 2.23. The monoisotopic (exact) mass is 265 g/mol. The molecular weight excluding hydrogens is 250 g/mol. The molecule has 1 heterocycles. The lowest BCUT2D eigenvalue weighted by molar-refractivity contribution is 0.0993. The van der Waals surface area contributed by atoms with Crippen molar-refractivity contribution in [3.05, 3.63) is 60.4 Å². The molecule has 1 amide bonds. The Kier molecular flexibility index (Phi) is 2.99. The highest BCUT2D eigenvalue weighted by Gasteiger charge is 2.14. The zero-order valence-electron chi connectivity index (χ0n) is 11.4. The summed E-state index contributed by atoms with van der Waals surface area (Å²) < 4.78 is 1.94. The molecule has 0 aliphatic heterocycles. The van der Waals surface area contributed by atoms with Crippen molar-refractivity contribution in [1.82, 2.24) is 9.55 Å². The van der Waals surface area contributed by atoms with Gasteiger partial charge < -0.3 is 9.47 Å². The average molecular weight is 265 g/mol. The van der Waals surface area contributed by atoms with Crippen LogP contribution in [0.1, 0.15) is 10.4 Å². The Morgan fingerprint density at radius 1 is 1.15 bits per heavy atom. The lowest BCUT2D eigenvalue weighted by Crippen LogP contribution is -2.26. The molecule has 4 nitrogen and oxygen atoms in total. The molecule has 0 saturated heterocycles. The summed E-state index contributed by atoms with van der Waals surface area (Å²) in [5.41, 5.74) is 3.37. The van der Waals surface area contributed by atoms with Crippen molar-refractivity contribution >= 4 is 22.6 Å². The van der Waals surface area contributed by atoms with Gasteiger partial charge in [0.05, 0.1) is 17.4 Å². The van der Waals surface area contributed by atoms with Crippen LogP contribution in [0.2, 0.25) is 0 Å². The van der Waals surface area contributed by atoms with Gasteiger partial charge in [0.15, 0.2) is 0 Å². The molecule has 0 aliphatic carbocycles. The van der Waals surface area contributed by atoms with Gasteiger partial charge in [-0.1, -0.05) is 18.2 Å². The summed E-state index contributed by atoms with van der Waals surface area (Å²) in [6.07, 6.45) is 1.75. The second-order valence-electron chi connectivity index (χ2n) is 4.76. The van der Waals surface area contributed by atoms with Crippen LogP contribution >= 0.6 is 0 Å². The van der Waals surface area contributed by atoms with E-state index in [0.717, 1.165) is 16.7 Å². The van der Waals surface area contributed by atoms with Crippen molar-refractivity contribution in [2.75, 3.05) is 11.9 Å². The molecule has 0 fully saturated rings. The molecule has 0 spiro atoms. The first-order valence-corrected chi connectivity index (χ1v) is 6.41. The van der Waals surface area contributed by atoms with Gasteiger partial charge in [0.25, 0.3) is 5.91 Å². The highest BCUT2D eigenvalue weighted by Crippen LogP contribution is 2.18. The number of imidazole rings is 1. The minimum atomic E-state index is -0.0382. The molecule has 100 valence electrons. The zero-order valence-corrected chi connectivity index (χ0v) is 11.4. The molecule has 3 aromatic rings. The second kappa shape index (κ2) is 4.81. The number of nitrogens with zero attached hydrogens (tertiary/aromatic N) is 3. The van der Waals surface area contributed by atoms with Crippen molar-refractivity contribution in [2.24, 2.45) is 7.05 Å². The third kappa shape index (κ3) is 2.05. The molecule has 3 rings (SSSR count). The molecule has 2 aromatic carbocycles. The summed E-state index contributed by atoms with van der Waals surface area (Å²) >= 11 is 0. The number of amides is 1. The van der Waals surface area contributed by atoms with Crippen molar-refractivity contribution in [3.8, 4) is 0 Å². The first-order valence-electron chi connectivity index (χ1n) is 6.41. The summed E-state index contributed by atoms with van der Waals surface area (Å²) in [7, 11) is 3.72. The topological polar surface area (TPSA) is 38.1 Å². The highest BCUT2D eigenvalue weighted by atomic mass is 16.2. The van der Waals surface area contributed by atoms with Crippen LogP contribution in [0.15, 0.2) is 54.9 Å². The summed E-state index contributed by atoms with van der Waals surface area (Å²) in [5, 5.41) is 0. The number of aryl methyl sites for hydroxylation is 1. The summed E-state index contributed by atoms with van der Waals surface area (Å²) in [5.74, 6) is -0.0382. The van der Waals surface area contributed by atoms with Crippen molar-refractivity contribution in [3.63, 3.8) is 0 Å². The number of hydrogen-bond acceptors (Lipinski definition) is 2. The number of fused-ring (bicyclic) bond motifs is 1. The Bertz CT molecular complexity index is 762. The number of carbonyl (C=O) groups is 1. The second-order valence-corrected chi connectivity index (χ2v) is 4.76. The van der Waals surface area contributed by atoms with E-state index in [1.54, 1.807) is 18.3 Å². The Balaban J connectivity index is 1.96. The van der Waals surface area contributed by atoms with E-state index in [-0.39, 0.29) is 5.91 Å². The van der Waals surface area contributed by atoms with Gasteiger partial charge >= 0.3 is 0 Å². The highest BCUT2D eigenvalue weighted by molar-refractivity contribution is 6.07. The fourth-order valence-corrected chi connectivity index (χ4v) is 2.23. The van der Waals surface area contributed by atoms with Crippen LogP contribution in [0, 0.1) is 0 Å². The number of para-hydroxylation sites is 1. The van der Waals surface area contributed by atoms with Gasteiger partial charge in [0.2, 0.25) is 0 Å². The average Bonchev–Trinajstić information content (AvgIpc) is 2.87. The Morgan fingerprint density at radius 2 is 1.90 bits per heavy atom. The third-order valence-corrected chi connectivity index (χ3v) is 3.42. The number of rotatable bonds is 2. The molecule has 20 heavy (non-hydrogen) atoms. The van der Waals surface area contributed by atoms with E-state index in [0.29, 0.717) is 5.56 Å². The van der Waals surface area contributed by atoms with Gasteiger partial charge in [-0.15, -0.1) is 0 Å². The van der Waals surface area contributed by atoms with E-state index in [1.807, 2.05) is 60.1 Å². The quantitative estimate of drug-likeness (QED) is 0.714. The molecule has 0 radical (unpaired) electrons. The van der Waals surface area contributed by atoms with E-state index in [1.165, 1.54) is 0 Å². The largest absolute Gasteiger partial charge is 0.334 e. The normalized spacial score (nSPS) is 10.7. The van der Waals surface area contributed by atoms with E-state index >= 15 is 0 Å². The minimum Gasteiger partial charge on any atom is -0.334 e. The van der Waals surface area contributed by atoms with Crippen molar-refractivity contribution < 1.29 is 4.79 Å². The Labute approximate surface area is 117 Å². The van der Waals surface area contributed by atoms with Gasteiger partial charge in [-0.3, -0.25) is 4.79 Å². The molecule has 0 bridgehead atoms. The van der Waals surface area contributed by atoms with Gasteiger partial charge in [-0.05, 0) is 30.3 Å². The van der Waals surface area contributed by atoms with Crippen molar-refractivity contribution in [1.29, 1.82) is 0 Å². The molecule has 0 N–H and O–H groups in total. The van der Waals surface area contributed by atoms with Crippen LogP contribution in [-0.4, -0.2) is 22.5 Å². The van der Waals surface area contributed by atoms with E-state index < -0.39 is 0 Å². The van der Waals surface area contributed by atoms with E-state index in [9.17, 15) is 4.79 Å². The first kappa shape index (κ1) is 12.4. The molecule has 0 atom stereocenters. The van der Waals surface area contributed by atoms with Crippen molar-refractivity contribution in [2.45, 2.75) is 0 Å². The molecule has 0 aliphatic rings. The maximum Gasteiger partial charge on any atom is 0.258 e. The third-order valence-electron chi connectivity index (χ3n) is 3.42.